The summed E-state index contributed by atoms with van der Waals surface area (Å²) in [6.07, 6.45) is 0. The molecule has 0 atom stereocenters. The van der Waals surface area contributed by atoms with E-state index in [1.54, 1.807) is 12.1 Å². The number of urea groups is 1. The van der Waals surface area contributed by atoms with Crippen LogP contribution in [0.1, 0.15) is 32.6 Å². The van der Waals surface area contributed by atoms with E-state index < -0.39 is 5.97 Å². The van der Waals surface area contributed by atoms with Gasteiger partial charge in [0.15, 0.2) is 6.73 Å². The summed E-state index contributed by atoms with van der Waals surface area (Å²) in [7, 11) is 0. The number of carbonyl (C=O) groups is 2. The lowest BCUT2D eigenvalue weighted by Crippen LogP contribution is -2.37. The molecule has 0 radical (unpaired) electrons. The number of carboxylic acids is 1. The SMILES string of the molecule is Cc1ccc(C)c(OCNC(=O)NCc2ccc(C(=O)O)cc2)c1C. The fraction of sp³-hybridized carbons (Fsp3) is 0.263. The predicted molar refractivity (Wildman–Crippen MR) is 94.9 cm³/mol. The molecule has 2 rings (SSSR count). The first-order valence-corrected chi connectivity index (χ1v) is 7.92. The highest BCUT2D eigenvalue weighted by Gasteiger charge is 2.07. The largest absolute Gasteiger partial charge is 0.478 e. The van der Waals surface area contributed by atoms with E-state index in [9.17, 15) is 9.59 Å². The monoisotopic (exact) mass is 342 g/mol. The van der Waals surface area contributed by atoms with Crippen molar-refractivity contribution in [1.82, 2.24) is 10.6 Å². The number of benzene rings is 2. The standard InChI is InChI=1S/C19H22N2O4/c1-12-4-5-13(2)17(14(12)3)25-11-21-19(24)20-10-15-6-8-16(9-7-15)18(22)23/h4-9H,10-11H2,1-3H3,(H,22,23)(H2,20,21,24). The third kappa shape index (κ3) is 4.97. The normalized spacial score (nSPS) is 10.2. The van der Waals surface area contributed by atoms with E-state index in [4.69, 9.17) is 9.84 Å². The first-order valence-electron chi connectivity index (χ1n) is 7.92. The number of carbonyl (C=O) groups excluding carboxylic acids is 1. The average Bonchev–Trinajstić information content (AvgIpc) is 2.60. The summed E-state index contributed by atoms with van der Waals surface area (Å²) in [5.74, 6) is -0.194. The summed E-state index contributed by atoms with van der Waals surface area (Å²) < 4.78 is 5.68. The second-order valence-electron chi connectivity index (χ2n) is 5.80. The van der Waals surface area contributed by atoms with Crippen LogP contribution in [0, 0.1) is 20.8 Å². The number of amides is 2. The predicted octanol–water partition coefficient (Wildman–Crippen LogP) is 3.15. The number of rotatable bonds is 6. The minimum Gasteiger partial charge on any atom is -0.478 e. The summed E-state index contributed by atoms with van der Waals surface area (Å²) in [5, 5.41) is 14.2. The fourth-order valence-corrected chi connectivity index (χ4v) is 2.33. The first kappa shape index (κ1) is 18.3. The van der Waals surface area contributed by atoms with Crippen molar-refractivity contribution >= 4 is 12.0 Å². The summed E-state index contributed by atoms with van der Waals surface area (Å²) in [6, 6.07) is 10.0. The van der Waals surface area contributed by atoms with Gasteiger partial charge in [0.2, 0.25) is 0 Å². The molecule has 25 heavy (non-hydrogen) atoms. The third-order valence-corrected chi connectivity index (χ3v) is 3.98. The van der Waals surface area contributed by atoms with Gasteiger partial charge >= 0.3 is 12.0 Å². The Morgan fingerprint density at radius 1 is 0.960 bits per heavy atom. The molecule has 0 spiro atoms. The van der Waals surface area contributed by atoms with Crippen LogP contribution in [0.3, 0.4) is 0 Å². The van der Waals surface area contributed by atoms with Gasteiger partial charge in [0.1, 0.15) is 5.75 Å². The highest BCUT2D eigenvalue weighted by atomic mass is 16.5. The Balaban J connectivity index is 1.79. The van der Waals surface area contributed by atoms with Crippen molar-refractivity contribution in [3.63, 3.8) is 0 Å². The zero-order valence-corrected chi connectivity index (χ0v) is 14.6. The lowest BCUT2D eigenvalue weighted by Gasteiger charge is -2.14. The molecule has 0 aliphatic heterocycles. The van der Waals surface area contributed by atoms with Crippen LogP contribution in [0.15, 0.2) is 36.4 Å². The molecule has 2 aromatic rings. The van der Waals surface area contributed by atoms with Gasteiger partial charge in [-0.3, -0.25) is 0 Å². The van der Waals surface area contributed by atoms with E-state index in [0.717, 1.165) is 28.0 Å². The fourth-order valence-electron chi connectivity index (χ4n) is 2.33. The molecule has 0 saturated heterocycles. The minimum absolute atomic E-state index is 0.0644. The Kier molecular flexibility index (Phi) is 6.00. The molecule has 0 heterocycles. The molecular weight excluding hydrogens is 320 g/mol. The minimum atomic E-state index is -0.976. The van der Waals surface area contributed by atoms with E-state index in [-0.39, 0.29) is 18.3 Å². The van der Waals surface area contributed by atoms with Crippen molar-refractivity contribution in [1.29, 1.82) is 0 Å². The van der Waals surface area contributed by atoms with Crippen molar-refractivity contribution < 1.29 is 19.4 Å². The topological polar surface area (TPSA) is 87.7 Å². The van der Waals surface area contributed by atoms with Gasteiger partial charge in [0, 0.05) is 6.54 Å². The van der Waals surface area contributed by atoms with Gasteiger partial charge < -0.3 is 20.5 Å². The molecule has 0 bridgehead atoms. The first-order chi connectivity index (χ1) is 11.9. The van der Waals surface area contributed by atoms with Crippen molar-refractivity contribution in [3.8, 4) is 5.75 Å². The quantitative estimate of drug-likeness (QED) is 0.704. The Hall–Kier alpha value is -3.02. The van der Waals surface area contributed by atoms with Gasteiger partial charge in [-0.2, -0.15) is 0 Å². The van der Waals surface area contributed by atoms with Crippen LogP contribution in [-0.4, -0.2) is 23.8 Å². The van der Waals surface area contributed by atoms with E-state index in [2.05, 4.69) is 10.6 Å². The van der Waals surface area contributed by atoms with Gasteiger partial charge in [-0.15, -0.1) is 0 Å². The molecule has 3 N–H and O–H groups in total. The van der Waals surface area contributed by atoms with E-state index >= 15 is 0 Å². The van der Waals surface area contributed by atoms with Crippen LogP contribution in [0.2, 0.25) is 0 Å². The number of nitrogens with one attached hydrogen (secondary N) is 2. The van der Waals surface area contributed by atoms with Gasteiger partial charge in [0.05, 0.1) is 5.56 Å². The number of carboxylic acid groups (broad SMARTS) is 1. The molecule has 2 amide bonds. The molecule has 0 aliphatic rings. The molecule has 0 aromatic heterocycles. The lowest BCUT2D eigenvalue weighted by molar-refractivity contribution is 0.0697. The van der Waals surface area contributed by atoms with Crippen molar-refractivity contribution in [3.05, 3.63) is 64.2 Å². The molecule has 6 nitrogen and oxygen atoms in total. The number of aryl methyl sites for hydroxylation is 2. The van der Waals surface area contributed by atoms with Gasteiger partial charge in [-0.05, 0) is 55.2 Å². The van der Waals surface area contributed by atoms with Gasteiger partial charge in [-0.25, -0.2) is 9.59 Å². The Labute approximate surface area is 146 Å². The van der Waals surface area contributed by atoms with Crippen LogP contribution in [0.4, 0.5) is 4.79 Å². The zero-order valence-electron chi connectivity index (χ0n) is 14.6. The second kappa shape index (κ2) is 8.19. The van der Waals surface area contributed by atoms with Crippen molar-refractivity contribution in [2.24, 2.45) is 0 Å². The number of aromatic carboxylic acids is 1. The maximum atomic E-state index is 11.8. The maximum absolute atomic E-state index is 11.8. The van der Waals surface area contributed by atoms with Crippen molar-refractivity contribution in [2.75, 3.05) is 6.73 Å². The molecule has 2 aromatic carbocycles. The Morgan fingerprint density at radius 3 is 2.24 bits per heavy atom. The molecule has 0 saturated carbocycles. The second-order valence-corrected chi connectivity index (χ2v) is 5.80. The van der Waals surface area contributed by atoms with E-state index in [1.165, 1.54) is 12.1 Å². The molecule has 132 valence electrons. The maximum Gasteiger partial charge on any atom is 0.335 e. The molecule has 6 heteroatoms. The van der Waals surface area contributed by atoms with Gasteiger partial charge in [0.25, 0.3) is 0 Å². The van der Waals surface area contributed by atoms with Crippen molar-refractivity contribution in [2.45, 2.75) is 27.3 Å². The summed E-state index contributed by atoms with van der Waals surface area (Å²) in [5.41, 5.74) is 4.23. The van der Waals surface area contributed by atoms with Crippen LogP contribution in [0.5, 0.6) is 5.75 Å². The van der Waals surface area contributed by atoms with Crippen LogP contribution < -0.4 is 15.4 Å². The lowest BCUT2D eigenvalue weighted by atomic mass is 10.1. The molecule has 0 aliphatic carbocycles. The van der Waals surface area contributed by atoms with Crippen LogP contribution in [0.25, 0.3) is 0 Å². The van der Waals surface area contributed by atoms with Crippen LogP contribution in [-0.2, 0) is 6.54 Å². The van der Waals surface area contributed by atoms with E-state index in [1.807, 2.05) is 32.9 Å². The number of hydrogen-bond acceptors (Lipinski definition) is 3. The highest BCUT2D eigenvalue weighted by molar-refractivity contribution is 5.87. The molecule has 0 unspecified atom stereocenters. The Bertz CT molecular complexity index is 770. The summed E-state index contributed by atoms with van der Waals surface area (Å²) >= 11 is 0. The van der Waals surface area contributed by atoms with E-state index in [0.29, 0.717) is 6.54 Å². The molecule has 0 fully saturated rings. The summed E-state index contributed by atoms with van der Waals surface area (Å²) in [6.45, 7) is 6.32. The van der Waals surface area contributed by atoms with Crippen LogP contribution >= 0.6 is 0 Å². The Morgan fingerprint density at radius 2 is 1.60 bits per heavy atom. The number of hydrogen-bond donors (Lipinski definition) is 3. The zero-order chi connectivity index (χ0) is 18.4. The average molecular weight is 342 g/mol. The third-order valence-electron chi connectivity index (χ3n) is 3.98. The number of ether oxygens (including phenoxy) is 1. The van der Waals surface area contributed by atoms with Gasteiger partial charge in [-0.1, -0.05) is 24.3 Å². The smallest absolute Gasteiger partial charge is 0.335 e. The summed E-state index contributed by atoms with van der Waals surface area (Å²) in [4.78, 5) is 22.6. The highest BCUT2D eigenvalue weighted by Crippen LogP contribution is 2.25. The molecular formula is C19H22N2O4.